The number of aromatic nitrogens is 4. The van der Waals surface area contributed by atoms with Gasteiger partial charge in [-0.25, -0.2) is 0 Å². The van der Waals surface area contributed by atoms with Gasteiger partial charge in [-0.15, -0.1) is 10.2 Å². The zero-order chi connectivity index (χ0) is 13.8. The van der Waals surface area contributed by atoms with Crippen LogP contribution in [0.2, 0.25) is 0 Å². The van der Waals surface area contributed by atoms with Gasteiger partial charge in [0.05, 0.1) is 5.56 Å². The third-order valence-electron chi connectivity index (χ3n) is 2.87. The van der Waals surface area contributed by atoms with Crippen LogP contribution in [0.1, 0.15) is 11.1 Å². The molecule has 0 atom stereocenters. The summed E-state index contributed by atoms with van der Waals surface area (Å²) < 4.78 is 0. The van der Waals surface area contributed by atoms with Crippen LogP contribution in [0.15, 0.2) is 48.5 Å². The van der Waals surface area contributed by atoms with Gasteiger partial charge in [-0.05, 0) is 28.5 Å². The molecule has 2 N–H and O–H groups in total. The van der Waals surface area contributed by atoms with Crippen molar-refractivity contribution in [2.45, 2.75) is 0 Å². The van der Waals surface area contributed by atoms with E-state index in [-0.39, 0.29) is 5.75 Å². The Balaban J connectivity index is 1.92. The SMILES string of the molecule is Oc1ccc(C=Cc2ccccc2)cc1-c1nn[nH]n1. The van der Waals surface area contributed by atoms with Crippen LogP contribution in [-0.2, 0) is 0 Å². The molecule has 0 radical (unpaired) electrons. The molecule has 1 heterocycles. The monoisotopic (exact) mass is 264 g/mol. The predicted molar refractivity (Wildman–Crippen MR) is 76.6 cm³/mol. The van der Waals surface area contributed by atoms with E-state index in [1.807, 2.05) is 54.6 Å². The first-order valence-electron chi connectivity index (χ1n) is 6.13. The van der Waals surface area contributed by atoms with Gasteiger partial charge in [0.15, 0.2) is 0 Å². The van der Waals surface area contributed by atoms with Crippen molar-refractivity contribution in [3.05, 3.63) is 59.7 Å². The van der Waals surface area contributed by atoms with Gasteiger partial charge in [-0.2, -0.15) is 5.21 Å². The number of benzene rings is 2. The molecule has 0 amide bonds. The van der Waals surface area contributed by atoms with Gasteiger partial charge < -0.3 is 5.11 Å². The van der Waals surface area contributed by atoms with Crippen molar-refractivity contribution in [1.82, 2.24) is 20.6 Å². The Morgan fingerprint density at radius 1 is 0.950 bits per heavy atom. The highest BCUT2D eigenvalue weighted by atomic mass is 16.3. The molecule has 2 aromatic carbocycles. The zero-order valence-electron chi connectivity index (χ0n) is 10.6. The number of rotatable bonds is 3. The van der Waals surface area contributed by atoms with E-state index in [9.17, 15) is 5.11 Å². The van der Waals surface area contributed by atoms with Gasteiger partial charge in [0.2, 0.25) is 5.82 Å². The first-order valence-corrected chi connectivity index (χ1v) is 6.13. The average molecular weight is 264 g/mol. The smallest absolute Gasteiger partial charge is 0.208 e. The standard InChI is InChI=1S/C15H12N4O/c20-14-9-8-12(7-6-11-4-2-1-3-5-11)10-13(14)15-16-18-19-17-15/h1-10,20H,(H,16,17,18,19). The molecule has 0 saturated heterocycles. The van der Waals surface area contributed by atoms with Crippen LogP contribution in [0, 0.1) is 0 Å². The van der Waals surface area contributed by atoms with Crippen molar-refractivity contribution in [2.24, 2.45) is 0 Å². The number of hydrogen-bond donors (Lipinski definition) is 2. The number of phenolic OH excluding ortho intramolecular Hbond substituents is 1. The quantitative estimate of drug-likeness (QED) is 0.713. The van der Waals surface area contributed by atoms with Crippen LogP contribution in [0.5, 0.6) is 5.75 Å². The lowest BCUT2D eigenvalue weighted by molar-refractivity contribution is 0.477. The summed E-state index contributed by atoms with van der Waals surface area (Å²) >= 11 is 0. The van der Waals surface area contributed by atoms with Crippen molar-refractivity contribution < 1.29 is 5.11 Å². The summed E-state index contributed by atoms with van der Waals surface area (Å²) in [6.07, 6.45) is 3.98. The highest BCUT2D eigenvalue weighted by molar-refractivity contribution is 5.74. The Morgan fingerprint density at radius 2 is 1.75 bits per heavy atom. The number of hydrogen-bond acceptors (Lipinski definition) is 4. The maximum atomic E-state index is 9.85. The fourth-order valence-corrected chi connectivity index (χ4v) is 1.87. The molecule has 0 saturated carbocycles. The molecular weight excluding hydrogens is 252 g/mol. The van der Waals surface area contributed by atoms with Crippen LogP contribution >= 0.6 is 0 Å². The summed E-state index contributed by atoms with van der Waals surface area (Å²) in [7, 11) is 0. The van der Waals surface area contributed by atoms with Gasteiger partial charge in [0, 0.05) is 0 Å². The molecule has 0 spiro atoms. The fraction of sp³-hybridized carbons (Fsp3) is 0. The van der Waals surface area contributed by atoms with Gasteiger partial charge in [0.25, 0.3) is 0 Å². The average Bonchev–Trinajstić information content (AvgIpc) is 3.01. The third kappa shape index (κ3) is 2.56. The second kappa shape index (κ2) is 5.36. The number of nitrogens with zero attached hydrogens (tertiary/aromatic N) is 3. The maximum Gasteiger partial charge on any atom is 0.208 e. The summed E-state index contributed by atoms with van der Waals surface area (Å²) in [4.78, 5) is 0. The predicted octanol–water partition coefficient (Wildman–Crippen LogP) is 2.74. The molecule has 0 bridgehead atoms. The summed E-state index contributed by atoms with van der Waals surface area (Å²) in [5, 5.41) is 23.5. The molecule has 0 unspecified atom stereocenters. The summed E-state index contributed by atoms with van der Waals surface area (Å²) in [5.74, 6) is 0.501. The number of tetrazole rings is 1. The van der Waals surface area contributed by atoms with Crippen LogP contribution in [0.3, 0.4) is 0 Å². The van der Waals surface area contributed by atoms with Gasteiger partial charge >= 0.3 is 0 Å². The molecule has 3 rings (SSSR count). The molecule has 0 aliphatic rings. The number of aromatic amines is 1. The Morgan fingerprint density at radius 3 is 2.50 bits per heavy atom. The minimum Gasteiger partial charge on any atom is -0.507 e. The molecule has 20 heavy (non-hydrogen) atoms. The van der Waals surface area contributed by atoms with Crippen LogP contribution < -0.4 is 0 Å². The van der Waals surface area contributed by atoms with E-state index < -0.39 is 0 Å². The fourth-order valence-electron chi connectivity index (χ4n) is 1.87. The van der Waals surface area contributed by atoms with Crippen LogP contribution in [0.25, 0.3) is 23.5 Å². The van der Waals surface area contributed by atoms with E-state index in [0.29, 0.717) is 11.4 Å². The van der Waals surface area contributed by atoms with E-state index in [1.54, 1.807) is 6.07 Å². The van der Waals surface area contributed by atoms with Crippen molar-refractivity contribution in [3.8, 4) is 17.1 Å². The first-order chi connectivity index (χ1) is 9.83. The number of phenols is 1. The second-order valence-corrected chi connectivity index (χ2v) is 4.26. The minimum atomic E-state index is 0.128. The van der Waals surface area contributed by atoms with E-state index in [4.69, 9.17) is 0 Å². The summed E-state index contributed by atoms with van der Waals surface area (Å²) in [6, 6.07) is 15.3. The molecule has 0 aliphatic heterocycles. The second-order valence-electron chi connectivity index (χ2n) is 4.26. The zero-order valence-corrected chi connectivity index (χ0v) is 10.6. The topological polar surface area (TPSA) is 74.7 Å². The third-order valence-corrected chi connectivity index (χ3v) is 2.87. The number of nitrogens with one attached hydrogen (secondary N) is 1. The van der Waals surface area contributed by atoms with Crippen molar-refractivity contribution in [2.75, 3.05) is 0 Å². The molecular formula is C15H12N4O. The molecule has 98 valence electrons. The van der Waals surface area contributed by atoms with E-state index in [1.165, 1.54) is 0 Å². The Labute approximate surface area is 115 Å². The van der Waals surface area contributed by atoms with Gasteiger partial charge in [-0.1, -0.05) is 48.6 Å². The summed E-state index contributed by atoms with van der Waals surface area (Å²) in [5.41, 5.74) is 2.61. The van der Waals surface area contributed by atoms with Gasteiger partial charge in [0.1, 0.15) is 5.75 Å². The highest BCUT2D eigenvalue weighted by Crippen LogP contribution is 2.27. The van der Waals surface area contributed by atoms with Crippen LogP contribution in [-0.4, -0.2) is 25.7 Å². The van der Waals surface area contributed by atoms with Gasteiger partial charge in [-0.3, -0.25) is 0 Å². The Hall–Kier alpha value is -2.95. The number of H-pyrrole nitrogens is 1. The largest absolute Gasteiger partial charge is 0.507 e. The molecule has 5 nitrogen and oxygen atoms in total. The molecule has 0 fully saturated rings. The lowest BCUT2D eigenvalue weighted by Crippen LogP contribution is -1.84. The lowest BCUT2D eigenvalue weighted by atomic mass is 10.1. The highest BCUT2D eigenvalue weighted by Gasteiger charge is 2.08. The first kappa shape index (κ1) is 12.1. The molecule has 1 aromatic heterocycles. The van der Waals surface area contributed by atoms with E-state index >= 15 is 0 Å². The maximum absolute atomic E-state index is 9.85. The Bertz CT molecular complexity index is 721. The number of aromatic hydroxyl groups is 1. The minimum absolute atomic E-state index is 0.128. The van der Waals surface area contributed by atoms with Crippen molar-refractivity contribution >= 4 is 12.2 Å². The molecule has 3 aromatic rings. The van der Waals surface area contributed by atoms with Crippen molar-refractivity contribution in [3.63, 3.8) is 0 Å². The lowest BCUT2D eigenvalue weighted by Gasteiger charge is -2.01. The normalized spacial score (nSPS) is 11.0. The van der Waals surface area contributed by atoms with Crippen LogP contribution in [0.4, 0.5) is 0 Å². The van der Waals surface area contributed by atoms with E-state index in [0.717, 1.165) is 11.1 Å². The molecule has 5 heteroatoms. The Kier molecular flexibility index (Phi) is 3.24. The van der Waals surface area contributed by atoms with E-state index in [2.05, 4.69) is 20.6 Å². The summed E-state index contributed by atoms with van der Waals surface area (Å²) in [6.45, 7) is 0. The van der Waals surface area contributed by atoms with Crippen molar-refractivity contribution in [1.29, 1.82) is 0 Å². The molecule has 0 aliphatic carbocycles.